The first-order valence-electron chi connectivity index (χ1n) is 6.33. The highest BCUT2D eigenvalue weighted by Gasteiger charge is 2.08. The number of carboxylic acid groups (broad SMARTS) is 1. The van der Waals surface area contributed by atoms with Gasteiger partial charge in [0.1, 0.15) is 5.82 Å². The summed E-state index contributed by atoms with van der Waals surface area (Å²) >= 11 is 0. The predicted molar refractivity (Wildman–Crippen MR) is 74.3 cm³/mol. The quantitative estimate of drug-likeness (QED) is 0.803. The lowest BCUT2D eigenvalue weighted by atomic mass is 10.1. The molecule has 1 N–H and O–H groups in total. The van der Waals surface area contributed by atoms with Crippen molar-refractivity contribution in [1.82, 2.24) is 4.90 Å². The summed E-state index contributed by atoms with van der Waals surface area (Å²) < 4.78 is 13.5. The Morgan fingerprint density at radius 2 is 2.21 bits per heavy atom. The zero-order valence-corrected chi connectivity index (χ0v) is 11.6. The first-order valence-corrected chi connectivity index (χ1v) is 6.33. The number of aliphatic carboxylic acids is 1. The average Bonchev–Trinajstić information content (AvgIpc) is 2.38. The van der Waals surface area contributed by atoms with Crippen LogP contribution in [0.2, 0.25) is 0 Å². The van der Waals surface area contributed by atoms with E-state index in [1.165, 1.54) is 12.1 Å². The fourth-order valence-corrected chi connectivity index (χ4v) is 1.74. The molecule has 3 nitrogen and oxygen atoms in total. The highest BCUT2D eigenvalue weighted by molar-refractivity contribution is 5.85. The van der Waals surface area contributed by atoms with Gasteiger partial charge >= 0.3 is 5.97 Å². The molecule has 19 heavy (non-hydrogen) atoms. The number of halogens is 1. The van der Waals surface area contributed by atoms with E-state index >= 15 is 0 Å². The summed E-state index contributed by atoms with van der Waals surface area (Å²) in [6, 6.07) is 5.24. The molecular formula is C15H20FNO2. The van der Waals surface area contributed by atoms with Crippen molar-refractivity contribution in [3.8, 4) is 0 Å². The van der Waals surface area contributed by atoms with E-state index in [0.717, 1.165) is 18.1 Å². The zero-order valence-electron chi connectivity index (χ0n) is 11.6. The minimum atomic E-state index is -1.08. The van der Waals surface area contributed by atoms with Crippen LogP contribution in [0.5, 0.6) is 0 Å². The van der Waals surface area contributed by atoms with Crippen LogP contribution in [-0.4, -0.2) is 29.1 Å². The lowest BCUT2D eigenvalue weighted by Crippen LogP contribution is -2.27. The van der Waals surface area contributed by atoms with E-state index in [9.17, 15) is 9.18 Å². The Morgan fingerprint density at radius 1 is 1.53 bits per heavy atom. The molecule has 1 aromatic carbocycles. The molecule has 104 valence electrons. The maximum absolute atomic E-state index is 13.5. The van der Waals surface area contributed by atoms with Crippen LogP contribution < -0.4 is 0 Å². The first kappa shape index (κ1) is 15.4. The number of hydrogen-bond donors (Lipinski definition) is 1. The average molecular weight is 265 g/mol. The summed E-state index contributed by atoms with van der Waals surface area (Å²) in [5.41, 5.74) is 1.27. The minimum absolute atomic E-state index is 0.303. The summed E-state index contributed by atoms with van der Waals surface area (Å²) in [6.07, 6.45) is 3.27. The third kappa shape index (κ3) is 4.83. The summed E-state index contributed by atoms with van der Waals surface area (Å²) in [5, 5.41) is 8.57. The van der Waals surface area contributed by atoms with Gasteiger partial charge in [-0.2, -0.15) is 0 Å². The zero-order chi connectivity index (χ0) is 14.4. The molecule has 4 heteroatoms. The first-order chi connectivity index (χ1) is 8.93. The van der Waals surface area contributed by atoms with Crippen molar-refractivity contribution in [3.63, 3.8) is 0 Å². The number of hydrogen-bond acceptors (Lipinski definition) is 2. The maximum Gasteiger partial charge on any atom is 0.328 e. The molecule has 0 aromatic heterocycles. The Bertz CT molecular complexity index is 471. The highest BCUT2D eigenvalue weighted by atomic mass is 19.1. The normalized spacial score (nSPS) is 13.1. The smallest absolute Gasteiger partial charge is 0.328 e. The number of carbonyl (C=O) groups is 1. The Kier molecular flexibility index (Phi) is 5.70. The van der Waals surface area contributed by atoms with Gasteiger partial charge in [0.2, 0.25) is 0 Å². The molecule has 0 spiro atoms. The molecule has 0 amide bonds. The van der Waals surface area contributed by atoms with Crippen molar-refractivity contribution in [1.29, 1.82) is 0 Å². The second kappa shape index (κ2) is 7.04. The van der Waals surface area contributed by atoms with E-state index in [-0.39, 0.29) is 0 Å². The molecule has 0 aliphatic carbocycles. The van der Waals surface area contributed by atoms with Crippen molar-refractivity contribution >= 4 is 12.0 Å². The molecule has 1 aromatic rings. The Balaban J connectivity index is 2.87. The Morgan fingerprint density at radius 3 is 2.79 bits per heavy atom. The Hall–Kier alpha value is -1.68. The van der Waals surface area contributed by atoms with Crippen molar-refractivity contribution in [2.45, 2.75) is 32.9 Å². The van der Waals surface area contributed by atoms with Crippen LogP contribution in [0.4, 0.5) is 4.39 Å². The van der Waals surface area contributed by atoms with E-state index in [4.69, 9.17) is 5.11 Å². The fourth-order valence-electron chi connectivity index (χ4n) is 1.74. The van der Waals surface area contributed by atoms with Crippen molar-refractivity contribution in [3.05, 3.63) is 41.2 Å². The Labute approximate surface area is 113 Å². The molecule has 1 atom stereocenters. The predicted octanol–water partition coefficient (Wildman–Crippen LogP) is 3.15. The van der Waals surface area contributed by atoms with Crippen LogP contribution in [0.3, 0.4) is 0 Å². The molecule has 1 unspecified atom stereocenters. The van der Waals surface area contributed by atoms with Gasteiger partial charge in [0.25, 0.3) is 0 Å². The maximum atomic E-state index is 13.5. The van der Waals surface area contributed by atoms with E-state index in [2.05, 4.69) is 18.7 Å². The summed E-state index contributed by atoms with van der Waals surface area (Å²) in [7, 11) is 2.02. The molecule has 0 saturated carbocycles. The van der Waals surface area contributed by atoms with Crippen LogP contribution in [0.15, 0.2) is 24.3 Å². The van der Waals surface area contributed by atoms with Crippen molar-refractivity contribution in [2.75, 3.05) is 7.05 Å². The van der Waals surface area contributed by atoms with Gasteiger partial charge in [0.05, 0.1) is 0 Å². The number of nitrogens with zero attached hydrogens (tertiary/aromatic N) is 1. The largest absolute Gasteiger partial charge is 0.478 e. The summed E-state index contributed by atoms with van der Waals surface area (Å²) in [4.78, 5) is 12.6. The second-order valence-corrected chi connectivity index (χ2v) is 4.70. The number of rotatable bonds is 6. The van der Waals surface area contributed by atoms with Gasteiger partial charge < -0.3 is 5.11 Å². The van der Waals surface area contributed by atoms with Gasteiger partial charge in [-0.25, -0.2) is 9.18 Å². The van der Waals surface area contributed by atoms with E-state index in [1.807, 2.05) is 7.05 Å². The number of carboxylic acids is 1. The standard InChI is InChI=1S/C15H20FNO2/c1-4-11(2)17(3)10-12-5-7-14(16)13(9-12)6-8-15(18)19/h5-9,11H,4,10H2,1-3H3,(H,18,19). The summed E-state index contributed by atoms with van der Waals surface area (Å²) in [6.45, 7) is 4.96. The van der Waals surface area contributed by atoms with Crippen LogP contribution in [0.25, 0.3) is 6.08 Å². The molecule has 1 rings (SSSR count). The van der Waals surface area contributed by atoms with Crippen LogP contribution in [-0.2, 0) is 11.3 Å². The van der Waals surface area contributed by atoms with Gasteiger partial charge in [0, 0.05) is 24.2 Å². The third-order valence-corrected chi connectivity index (χ3v) is 3.24. The van der Waals surface area contributed by atoms with E-state index in [1.54, 1.807) is 12.1 Å². The van der Waals surface area contributed by atoms with Crippen LogP contribution >= 0.6 is 0 Å². The lowest BCUT2D eigenvalue weighted by molar-refractivity contribution is -0.131. The lowest BCUT2D eigenvalue weighted by Gasteiger charge is -2.23. The SMILES string of the molecule is CCC(C)N(C)Cc1ccc(F)c(C=CC(=O)O)c1. The molecule has 0 bridgehead atoms. The summed E-state index contributed by atoms with van der Waals surface area (Å²) in [5.74, 6) is -1.49. The number of benzene rings is 1. The van der Waals surface area contributed by atoms with Gasteiger partial charge in [0.15, 0.2) is 0 Å². The molecule has 0 saturated heterocycles. The molecular weight excluding hydrogens is 245 g/mol. The molecule has 0 heterocycles. The van der Waals surface area contributed by atoms with Gasteiger partial charge in [-0.15, -0.1) is 0 Å². The van der Waals surface area contributed by atoms with Gasteiger partial charge in [-0.05, 0) is 44.2 Å². The fraction of sp³-hybridized carbons (Fsp3) is 0.400. The second-order valence-electron chi connectivity index (χ2n) is 4.70. The monoisotopic (exact) mass is 265 g/mol. The van der Waals surface area contributed by atoms with Crippen molar-refractivity contribution in [2.24, 2.45) is 0 Å². The van der Waals surface area contributed by atoms with Crippen LogP contribution in [0.1, 0.15) is 31.4 Å². The minimum Gasteiger partial charge on any atom is -0.478 e. The third-order valence-electron chi connectivity index (χ3n) is 3.24. The molecule has 0 aliphatic heterocycles. The van der Waals surface area contributed by atoms with Gasteiger partial charge in [-0.1, -0.05) is 13.0 Å². The molecule has 0 radical (unpaired) electrons. The van der Waals surface area contributed by atoms with E-state index < -0.39 is 11.8 Å². The van der Waals surface area contributed by atoms with E-state index in [0.29, 0.717) is 18.2 Å². The highest BCUT2D eigenvalue weighted by Crippen LogP contribution is 2.15. The van der Waals surface area contributed by atoms with Crippen molar-refractivity contribution < 1.29 is 14.3 Å². The van der Waals surface area contributed by atoms with Crippen LogP contribution in [0, 0.1) is 5.82 Å². The molecule has 0 fully saturated rings. The van der Waals surface area contributed by atoms with Gasteiger partial charge in [-0.3, -0.25) is 4.90 Å². The molecule has 0 aliphatic rings. The topological polar surface area (TPSA) is 40.5 Å².